The average molecular weight is 825 g/mol. The van der Waals surface area contributed by atoms with Crippen LogP contribution in [-0.4, -0.2) is 112 Å². The van der Waals surface area contributed by atoms with Crippen molar-refractivity contribution in [2.24, 2.45) is 5.92 Å². The summed E-state index contributed by atoms with van der Waals surface area (Å²) in [6, 6.07) is 12.4. The van der Waals surface area contributed by atoms with E-state index in [1.54, 1.807) is 16.7 Å². The Hall–Kier alpha value is -5.74. The van der Waals surface area contributed by atoms with Crippen LogP contribution in [0, 0.1) is 5.92 Å². The molecular formula is C44H56N8O8. The van der Waals surface area contributed by atoms with E-state index >= 15 is 0 Å². The number of fused-ring (bicyclic) bond motifs is 6. The fourth-order valence-electron chi connectivity index (χ4n) is 8.38. The number of carbonyl (C=O) groups excluding carboxylic acids is 4. The van der Waals surface area contributed by atoms with Gasteiger partial charge in [0.15, 0.2) is 0 Å². The van der Waals surface area contributed by atoms with Crippen LogP contribution in [0.3, 0.4) is 0 Å². The van der Waals surface area contributed by atoms with Crippen molar-refractivity contribution in [2.75, 3.05) is 40.5 Å². The van der Waals surface area contributed by atoms with Gasteiger partial charge in [-0.1, -0.05) is 50.2 Å². The Bertz CT molecular complexity index is 2130. The number of alkyl carbamates (subject to hydrolysis) is 2. The summed E-state index contributed by atoms with van der Waals surface area (Å²) in [7, 11) is 2.56. The maximum absolute atomic E-state index is 14.0. The summed E-state index contributed by atoms with van der Waals surface area (Å²) in [6.07, 6.45) is 6.48. The van der Waals surface area contributed by atoms with Crippen molar-refractivity contribution in [1.29, 1.82) is 0 Å². The monoisotopic (exact) mass is 824 g/mol. The highest BCUT2D eigenvalue weighted by Crippen LogP contribution is 2.36. The summed E-state index contributed by atoms with van der Waals surface area (Å²) in [5.74, 6) is 0.896. The molecular weight excluding hydrogens is 769 g/mol. The van der Waals surface area contributed by atoms with Crippen LogP contribution in [0.1, 0.15) is 88.6 Å². The second-order valence-electron chi connectivity index (χ2n) is 16.0. The molecule has 4 aromatic rings. The number of carbonyl (C=O) groups is 4. The summed E-state index contributed by atoms with van der Waals surface area (Å²) < 4.78 is 21.9. The van der Waals surface area contributed by atoms with Crippen LogP contribution in [0.2, 0.25) is 0 Å². The van der Waals surface area contributed by atoms with Gasteiger partial charge in [-0.3, -0.25) is 9.59 Å². The van der Waals surface area contributed by atoms with E-state index in [1.807, 2.05) is 38.4 Å². The lowest BCUT2D eigenvalue weighted by molar-refractivity contribution is -0.138. The van der Waals surface area contributed by atoms with Crippen molar-refractivity contribution >= 4 is 24.0 Å². The minimum Gasteiger partial charge on any atom is -0.453 e. The molecule has 2 saturated heterocycles. The first kappa shape index (κ1) is 42.4. The van der Waals surface area contributed by atoms with Crippen LogP contribution < -0.4 is 10.6 Å². The van der Waals surface area contributed by atoms with Gasteiger partial charge in [-0.15, -0.1) is 0 Å². The first-order chi connectivity index (χ1) is 29.1. The number of rotatable bonds is 7. The number of likely N-dealkylation sites (tertiary alicyclic amines) is 1. The molecule has 2 bridgehead atoms. The Morgan fingerprint density at radius 2 is 1.47 bits per heavy atom. The SMILES string of the molecule is COC(=O)N[C@H](C(=O)N1CCC[C@H]1c1nc(-c2ccc(-c3ccc4c(c3)COCCCCO[C@H](C)[C@H](NC(=O)OC)C(=O)N3CCC[C@H]3c3nc-4c[nH]3)cc2)c[nH]1)C(C)C. The molecule has 0 unspecified atom stereocenters. The van der Waals surface area contributed by atoms with Crippen molar-refractivity contribution in [3.63, 3.8) is 0 Å². The van der Waals surface area contributed by atoms with Gasteiger partial charge in [0, 0.05) is 49.8 Å². The highest BCUT2D eigenvalue weighted by Gasteiger charge is 2.40. The first-order valence-electron chi connectivity index (χ1n) is 20.9. The third-order valence-electron chi connectivity index (χ3n) is 11.7. The van der Waals surface area contributed by atoms with Gasteiger partial charge in [0.2, 0.25) is 11.8 Å². The number of hydrogen-bond acceptors (Lipinski definition) is 10. The Kier molecular flexibility index (Phi) is 13.5. The lowest BCUT2D eigenvalue weighted by atomic mass is 9.97. The molecule has 2 aromatic carbocycles. The highest BCUT2D eigenvalue weighted by molar-refractivity contribution is 5.87. The number of aromatic nitrogens is 4. The molecule has 4 amide bonds. The zero-order chi connectivity index (χ0) is 42.3. The minimum atomic E-state index is -0.911. The molecule has 7 rings (SSSR count). The second-order valence-corrected chi connectivity index (χ2v) is 16.0. The maximum Gasteiger partial charge on any atom is 0.407 e. The number of methoxy groups -OCH3 is 2. The van der Waals surface area contributed by atoms with Crippen molar-refractivity contribution in [2.45, 2.75) is 96.2 Å². The predicted octanol–water partition coefficient (Wildman–Crippen LogP) is 6.28. The number of aromatic amines is 2. The molecule has 2 fully saturated rings. The quantitative estimate of drug-likeness (QED) is 0.165. The Balaban J connectivity index is 1.10. The van der Waals surface area contributed by atoms with Crippen LogP contribution in [-0.2, 0) is 35.1 Å². The number of imidazole rings is 2. The molecule has 0 aliphatic carbocycles. The van der Waals surface area contributed by atoms with Crippen LogP contribution in [0.4, 0.5) is 9.59 Å². The average Bonchev–Trinajstić information content (AvgIpc) is 4.10. The van der Waals surface area contributed by atoms with E-state index in [-0.39, 0.29) is 29.8 Å². The Labute approximate surface area is 350 Å². The fourth-order valence-corrected chi connectivity index (χ4v) is 8.38. The van der Waals surface area contributed by atoms with E-state index in [1.165, 1.54) is 14.2 Å². The topological polar surface area (TPSA) is 193 Å². The third-order valence-corrected chi connectivity index (χ3v) is 11.7. The van der Waals surface area contributed by atoms with Gasteiger partial charge in [0.25, 0.3) is 0 Å². The largest absolute Gasteiger partial charge is 0.453 e. The van der Waals surface area contributed by atoms with Crippen molar-refractivity contribution in [3.05, 3.63) is 72.1 Å². The number of H-pyrrole nitrogens is 2. The number of nitrogens with one attached hydrogen (secondary N) is 4. The normalized spacial score (nSPS) is 21.8. The van der Waals surface area contributed by atoms with Gasteiger partial charge in [-0.2, -0.15) is 0 Å². The fraction of sp³-hybridized carbons (Fsp3) is 0.500. The molecule has 5 heterocycles. The van der Waals surface area contributed by atoms with E-state index in [0.29, 0.717) is 44.6 Å². The molecule has 0 radical (unpaired) electrons. The zero-order valence-corrected chi connectivity index (χ0v) is 35.0. The van der Waals surface area contributed by atoms with Gasteiger partial charge in [-0.05, 0) is 74.1 Å². The molecule has 3 aliphatic heterocycles. The van der Waals surface area contributed by atoms with E-state index in [4.69, 9.17) is 28.9 Å². The van der Waals surface area contributed by atoms with Crippen LogP contribution in [0.5, 0.6) is 0 Å². The maximum atomic E-state index is 14.0. The lowest BCUT2D eigenvalue weighted by Gasteiger charge is -2.31. The van der Waals surface area contributed by atoms with E-state index in [0.717, 1.165) is 77.7 Å². The smallest absolute Gasteiger partial charge is 0.407 e. The lowest BCUT2D eigenvalue weighted by Crippen LogP contribution is -2.54. The molecule has 16 nitrogen and oxygen atoms in total. The molecule has 320 valence electrons. The molecule has 2 aromatic heterocycles. The Morgan fingerprint density at radius 1 is 0.817 bits per heavy atom. The zero-order valence-electron chi connectivity index (χ0n) is 35.0. The summed E-state index contributed by atoms with van der Waals surface area (Å²) in [6.45, 7) is 8.02. The van der Waals surface area contributed by atoms with Crippen LogP contribution in [0.15, 0.2) is 54.9 Å². The number of nitrogens with zero attached hydrogens (tertiary/aromatic N) is 4. The summed E-state index contributed by atoms with van der Waals surface area (Å²) in [5.41, 5.74) is 6.43. The number of benzene rings is 2. The molecule has 5 atom stereocenters. The number of amides is 4. The highest BCUT2D eigenvalue weighted by atomic mass is 16.5. The van der Waals surface area contributed by atoms with Gasteiger partial charge in [-0.25, -0.2) is 19.6 Å². The van der Waals surface area contributed by atoms with Gasteiger partial charge in [0.05, 0.1) is 50.4 Å². The standard InChI is InChI=1S/C44H56N8O8/c1-26(2)37(49-43(55)57-4)41(53)51-18-8-10-35(51)39-45-23-33(47-39)29-14-12-28(13-15-29)30-16-17-32-31(22-30)25-59-20-6-7-21-60-27(3)38(50-44(56)58-5)42(54)52-19-9-11-36(52)40-46-24-34(32)48-40/h12-17,22-24,26-27,35-38H,6-11,18-21,25H2,1-5H3,(H,45,47)(H,46,48)(H,49,55)(H,50,56)/t27-,35+,36+,37+,38+/m1/s1. The van der Waals surface area contributed by atoms with Gasteiger partial charge in [0.1, 0.15) is 23.7 Å². The van der Waals surface area contributed by atoms with Crippen molar-refractivity contribution < 1.29 is 38.1 Å². The van der Waals surface area contributed by atoms with Crippen molar-refractivity contribution in [1.82, 2.24) is 40.4 Å². The minimum absolute atomic E-state index is 0.116. The van der Waals surface area contributed by atoms with Gasteiger partial charge >= 0.3 is 12.2 Å². The van der Waals surface area contributed by atoms with Crippen LogP contribution in [0.25, 0.3) is 33.6 Å². The summed E-state index contributed by atoms with van der Waals surface area (Å²) >= 11 is 0. The van der Waals surface area contributed by atoms with E-state index < -0.39 is 30.4 Å². The van der Waals surface area contributed by atoms with Gasteiger partial charge < -0.3 is 49.3 Å². The molecule has 0 spiro atoms. The summed E-state index contributed by atoms with van der Waals surface area (Å²) in [5, 5.41) is 5.40. The Morgan fingerprint density at radius 3 is 2.22 bits per heavy atom. The van der Waals surface area contributed by atoms with Crippen LogP contribution >= 0.6 is 0 Å². The predicted molar refractivity (Wildman–Crippen MR) is 222 cm³/mol. The second kappa shape index (κ2) is 19.1. The molecule has 4 N–H and O–H groups in total. The van der Waals surface area contributed by atoms with Crippen molar-refractivity contribution in [3.8, 4) is 33.6 Å². The first-order valence-corrected chi connectivity index (χ1v) is 20.9. The molecule has 3 aliphatic rings. The molecule has 16 heteroatoms. The molecule has 60 heavy (non-hydrogen) atoms. The number of hydrogen-bond donors (Lipinski definition) is 4. The van der Waals surface area contributed by atoms with E-state index in [9.17, 15) is 19.2 Å². The summed E-state index contributed by atoms with van der Waals surface area (Å²) in [4.78, 5) is 72.1. The third kappa shape index (κ3) is 9.34. The number of ether oxygens (including phenoxy) is 4. The van der Waals surface area contributed by atoms with E-state index in [2.05, 4.69) is 50.9 Å². The molecule has 0 saturated carbocycles.